The van der Waals surface area contributed by atoms with Gasteiger partial charge in [-0.05, 0) is 93.1 Å². The van der Waals surface area contributed by atoms with Crippen LogP contribution in [-0.2, 0) is 9.59 Å². The summed E-state index contributed by atoms with van der Waals surface area (Å²) in [5.74, 6) is 0.278. The first-order valence-electron chi connectivity index (χ1n) is 10.6. The van der Waals surface area contributed by atoms with E-state index in [1.165, 1.54) is 11.1 Å². The average Bonchev–Trinajstić information content (AvgIpc) is 2.65. The quantitative estimate of drug-likeness (QED) is 0.623. The molecule has 2 aromatic rings. The van der Waals surface area contributed by atoms with Crippen molar-refractivity contribution in [1.82, 2.24) is 4.90 Å². The predicted octanol–water partition coefficient (Wildman–Crippen LogP) is 4.85. The Labute approximate surface area is 180 Å². The lowest BCUT2D eigenvalue weighted by Gasteiger charge is -2.22. The highest BCUT2D eigenvalue weighted by Crippen LogP contribution is 2.15. The molecule has 0 atom stereocenters. The van der Waals surface area contributed by atoms with E-state index in [4.69, 9.17) is 0 Å². The smallest absolute Gasteiger partial charge is 0.238 e. The van der Waals surface area contributed by atoms with Gasteiger partial charge >= 0.3 is 0 Å². The Balaban J connectivity index is 1.99. The monoisotopic (exact) mass is 409 g/mol. The van der Waals surface area contributed by atoms with Crippen LogP contribution in [0.3, 0.4) is 0 Å². The molecule has 2 aromatic carbocycles. The van der Waals surface area contributed by atoms with Crippen molar-refractivity contribution in [2.24, 2.45) is 5.92 Å². The van der Waals surface area contributed by atoms with Crippen molar-refractivity contribution >= 4 is 23.2 Å². The first kappa shape index (κ1) is 23.6. The van der Waals surface area contributed by atoms with E-state index in [0.29, 0.717) is 12.5 Å². The standard InChI is InChI=1S/C25H35N3O2/c1-17(2)11-12-28(15-24(29)26-22-9-7-18(3)20(5)13-22)16-25(30)27-23-10-8-19(4)21(6)14-23/h7-10,13-14,17H,11-12,15-16H2,1-6H3,(H,26,29)(H,27,30). The summed E-state index contributed by atoms with van der Waals surface area (Å²) < 4.78 is 0. The van der Waals surface area contributed by atoms with Gasteiger partial charge in [-0.1, -0.05) is 26.0 Å². The van der Waals surface area contributed by atoms with E-state index in [1.54, 1.807) is 0 Å². The molecule has 30 heavy (non-hydrogen) atoms. The SMILES string of the molecule is Cc1ccc(NC(=O)CN(CCC(C)C)CC(=O)Nc2ccc(C)c(C)c2)cc1C. The lowest BCUT2D eigenvalue weighted by atomic mass is 10.1. The molecule has 0 aliphatic heterocycles. The van der Waals surface area contributed by atoms with Crippen molar-refractivity contribution in [3.05, 3.63) is 58.7 Å². The van der Waals surface area contributed by atoms with Gasteiger partial charge in [-0.2, -0.15) is 0 Å². The first-order chi connectivity index (χ1) is 14.1. The highest BCUT2D eigenvalue weighted by molar-refractivity contribution is 5.94. The molecule has 0 saturated heterocycles. The molecular weight excluding hydrogens is 374 g/mol. The van der Waals surface area contributed by atoms with Crippen molar-refractivity contribution in [3.63, 3.8) is 0 Å². The van der Waals surface area contributed by atoms with Crippen LogP contribution in [0.1, 0.15) is 42.5 Å². The van der Waals surface area contributed by atoms with Gasteiger partial charge in [0.05, 0.1) is 13.1 Å². The molecule has 2 amide bonds. The van der Waals surface area contributed by atoms with Crippen molar-refractivity contribution in [2.75, 3.05) is 30.3 Å². The molecule has 5 nitrogen and oxygen atoms in total. The van der Waals surface area contributed by atoms with E-state index >= 15 is 0 Å². The van der Waals surface area contributed by atoms with Gasteiger partial charge in [-0.15, -0.1) is 0 Å². The van der Waals surface area contributed by atoms with Crippen LogP contribution in [0.15, 0.2) is 36.4 Å². The zero-order valence-corrected chi connectivity index (χ0v) is 19.1. The van der Waals surface area contributed by atoms with Crippen molar-refractivity contribution in [3.8, 4) is 0 Å². The molecule has 0 heterocycles. The van der Waals surface area contributed by atoms with Gasteiger partial charge in [0.25, 0.3) is 0 Å². The summed E-state index contributed by atoms with van der Waals surface area (Å²) in [7, 11) is 0. The summed E-state index contributed by atoms with van der Waals surface area (Å²) in [5, 5.41) is 5.90. The minimum absolute atomic E-state index is 0.110. The number of amides is 2. The van der Waals surface area contributed by atoms with E-state index in [1.807, 2.05) is 69.0 Å². The van der Waals surface area contributed by atoms with Crippen molar-refractivity contribution in [1.29, 1.82) is 0 Å². The Hall–Kier alpha value is -2.66. The van der Waals surface area contributed by atoms with Gasteiger partial charge in [0.1, 0.15) is 0 Å². The van der Waals surface area contributed by atoms with Gasteiger partial charge < -0.3 is 10.6 Å². The molecule has 0 bridgehead atoms. The Bertz CT molecular complexity index is 822. The number of hydrogen-bond donors (Lipinski definition) is 2. The number of carbonyl (C=O) groups excluding carboxylic acids is 2. The van der Waals surface area contributed by atoms with E-state index in [9.17, 15) is 9.59 Å². The third kappa shape index (κ3) is 7.64. The van der Waals surface area contributed by atoms with E-state index in [2.05, 4.69) is 24.5 Å². The third-order valence-corrected chi connectivity index (χ3v) is 5.34. The molecule has 0 radical (unpaired) electrons. The second-order valence-electron chi connectivity index (χ2n) is 8.59. The van der Waals surface area contributed by atoms with Crippen LogP contribution in [0.2, 0.25) is 0 Å². The fourth-order valence-electron chi connectivity index (χ4n) is 3.10. The zero-order chi connectivity index (χ0) is 22.3. The van der Waals surface area contributed by atoms with Crippen LogP contribution in [-0.4, -0.2) is 36.3 Å². The topological polar surface area (TPSA) is 61.4 Å². The lowest BCUT2D eigenvalue weighted by molar-refractivity contribution is -0.120. The number of nitrogens with one attached hydrogen (secondary N) is 2. The fourth-order valence-corrected chi connectivity index (χ4v) is 3.10. The van der Waals surface area contributed by atoms with Crippen LogP contribution in [0, 0.1) is 33.6 Å². The zero-order valence-electron chi connectivity index (χ0n) is 19.1. The normalized spacial score (nSPS) is 11.1. The lowest BCUT2D eigenvalue weighted by Crippen LogP contribution is -2.39. The molecular formula is C25H35N3O2. The predicted molar refractivity (Wildman–Crippen MR) is 125 cm³/mol. The molecule has 2 N–H and O–H groups in total. The minimum Gasteiger partial charge on any atom is -0.325 e. The Morgan fingerprint density at radius 1 is 0.767 bits per heavy atom. The van der Waals surface area contributed by atoms with E-state index < -0.39 is 0 Å². The molecule has 2 rings (SSSR count). The number of rotatable bonds is 9. The number of hydrogen-bond acceptors (Lipinski definition) is 3. The number of aryl methyl sites for hydroxylation is 4. The third-order valence-electron chi connectivity index (χ3n) is 5.34. The van der Waals surface area contributed by atoms with Gasteiger partial charge in [-0.3, -0.25) is 14.5 Å². The number of anilines is 2. The summed E-state index contributed by atoms with van der Waals surface area (Å²) in [6.07, 6.45) is 0.924. The summed E-state index contributed by atoms with van der Waals surface area (Å²) in [6, 6.07) is 11.8. The van der Waals surface area contributed by atoms with Gasteiger partial charge in [0.2, 0.25) is 11.8 Å². The molecule has 0 aliphatic rings. The summed E-state index contributed by atoms with van der Waals surface area (Å²) in [4.78, 5) is 27.1. The highest BCUT2D eigenvalue weighted by atomic mass is 16.2. The molecule has 0 unspecified atom stereocenters. The molecule has 0 aliphatic carbocycles. The molecule has 0 aromatic heterocycles. The maximum Gasteiger partial charge on any atom is 0.238 e. The minimum atomic E-state index is -0.110. The van der Waals surface area contributed by atoms with Crippen LogP contribution < -0.4 is 10.6 Å². The first-order valence-corrected chi connectivity index (χ1v) is 10.6. The molecule has 0 fully saturated rings. The Morgan fingerprint density at radius 3 is 1.57 bits per heavy atom. The highest BCUT2D eigenvalue weighted by Gasteiger charge is 2.16. The van der Waals surface area contributed by atoms with Gasteiger partial charge in [0, 0.05) is 11.4 Å². The van der Waals surface area contributed by atoms with Gasteiger partial charge in [0.15, 0.2) is 0 Å². The van der Waals surface area contributed by atoms with Crippen LogP contribution >= 0.6 is 0 Å². The fraction of sp³-hybridized carbons (Fsp3) is 0.440. The van der Waals surface area contributed by atoms with Crippen molar-refractivity contribution in [2.45, 2.75) is 48.0 Å². The van der Waals surface area contributed by atoms with E-state index in [-0.39, 0.29) is 24.9 Å². The second-order valence-corrected chi connectivity index (χ2v) is 8.59. The van der Waals surface area contributed by atoms with Crippen LogP contribution in [0.4, 0.5) is 11.4 Å². The summed E-state index contributed by atoms with van der Waals surface area (Å²) in [6.45, 7) is 13.5. The maximum atomic E-state index is 12.6. The Morgan fingerprint density at radius 2 is 1.20 bits per heavy atom. The molecule has 0 spiro atoms. The van der Waals surface area contributed by atoms with Crippen LogP contribution in [0.5, 0.6) is 0 Å². The van der Waals surface area contributed by atoms with Gasteiger partial charge in [-0.25, -0.2) is 0 Å². The molecule has 162 valence electrons. The van der Waals surface area contributed by atoms with Crippen LogP contribution in [0.25, 0.3) is 0 Å². The largest absolute Gasteiger partial charge is 0.325 e. The number of carbonyl (C=O) groups is 2. The maximum absolute atomic E-state index is 12.6. The number of nitrogens with zero attached hydrogens (tertiary/aromatic N) is 1. The summed E-state index contributed by atoms with van der Waals surface area (Å²) >= 11 is 0. The average molecular weight is 410 g/mol. The molecule has 5 heteroatoms. The second kappa shape index (κ2) is 10.9. The van der Waals surface area contributed by atoms with Crippen molar-refractivity contribution < 1.29 is 9.59 Å². The van der Waals surface area contributed by atoms with E-state index in [0.717, 1.165) is 28.9 Å². The number of benzene rings is 2. The summed E-state index contributed by atoms with van der Waals surface area (Å²) in [5.41, 5.74) is 6.22. The molecule has 0 saturated carbocycles. The Kier molecular flexibility index (Phi) is 8.60.